The molecule has 0 saturated heterocycles. The Morgan fingerprint density at radius 1 is 0.296 bits per heavy atom. The summed E-state index contributed by atoms with van der Waals surface area (Å²) in [5, 5.41) is 0. The lowest BCUT2D eigenvalue weighted by Crippen LogP contribution is -2.30. The van der Waals surface area contributed by atoms with Crippen LogP contribution in [0.1, 0.15) is 213 Å². The summed E-state index contributed by atoms with van der Waals surface area (Å²) in [6.45, 7) is 6.25. The molecule has 0 aromatic carbocycles. The topological polar surface area (TPSA) is 78.9 Å². The second-order valence-corrected chi connectivity index (χ2v) is 17.7. The zero-order valence-electron chi connectivity index (χ0n) is 45.2. The fourth-order valence-corrected chi connectivity index (χ4v) is 6.88. The van der Waals surface area contributed by atoms with Crippen molar-refractivity contribution >= 4 is 17.9 Å². The van der Waals surface area contributed by atoms with E-state index in [2.05, 4.69) is 167 Å². The molecule has 0 aliphatic carbocycles. The van der Waals surface area contributed by atoms with E-state index in [0.29, 0.717) is 12.8 Å². The Bertz CT molecular complexity index is 1640. The molecule has 0 N–H and O–H groups in total. The van der Waals surface area contributed by atoms with Gasteiger partial charge in [0.2, 0.25) is 0 Å². The summed E-state index contributed by atoms with van der Waals surface area (Å²) in [5.74, 6) is -1.08. The Hall–Kier alpha value is -4.97. The average Bonchev–Trinajstić information content (AvgIpc) is 3.37. The molecular formula is C65H100O6. The molecule has 0 fully saturated rings. The predicted molar refractivity (Wildman–Crippen MR) is 306 cm³/mol. The van der Waals surface area contributed by atoms with Crippen LogP contribution < -0.4 is 0 Å². The predicted octanol–water partition coefficient (Wildman–Crippen LogP) is 19.0. The molecule has 0 rings (SSSR count). The smallest absolute Gasteiger partial charge is 0.306 e. The highest BCUT2D eigenvalue weighted by Gasteiger charge is 2.19. The molecule has 0 aromatic rings. The fourth-order valence-electron chi connectivity index (χ4n) is 6.88. The normalized spacial score (nSPS) is 13.3. The summed E-state index contributed by atoms with van der Waals surface area (Å²) in [4.78, 5) is 38.1. The maximum absolute atomic E-state index is 12.8. The summed E-state index contributed by atoms with van der Waals surface area (Å²) in [7, 11) is 0. The molecule has 0 amide bonds. The van der Waals surface area contributed by atoms with E-state index >= 15 is 0 Å². The van der Waals surface area contributed by atoms with Gasteiger partial charge < -0.3 is 14.2 Å². The molecule has 0 spiro atoms. The van der Waals surface area contributed by atoms with Gasteiger partial charge in [-0.25, -0.2) is 0 Å². The molecule has 6 nitrogen and oxygen atoms in total. The van der Waals surface area contributed by atoms with Gasteiger partial charge in [-0.05, 0) is 135 Å². The van der Waals surface area contributed by atoms with Gasteiger partial charge in [0.1, 0.15) is 13.2 Å². The number of allylic oxidation sites excluding steroid dienone is 26. The first-order valence-electron chi connectivity index (χ1n) is 28.0. The van der Waals surface area contributed by atoms with Gasteiger partial charge in [0.15, 0.2) is 6.10 Å². The van der Waals surface area contributed by atoms with Gasteiger partial charge in [0.25, 0.3) is 0 Å². The molecule has 0 aliphatic rings. The third kappa shape index (κ3) is 55.8. The van der Waals surface area contributed by atoms with Crippen molar-refractivity contribution in [1.29, 1.82) is 0 Å². The number of carbonyl (C=O) groups is 3. The van der Waals surface area contributed by atoms with Crippen molar-refractivity contribution in [3.63, 3.8) is 0 Å². The summed E-state index contributed by atoms with van der Waals surface area (Å²) in [6, 6.07) is 0. The molecule has 1 atom stereocenters. The van der Waals surface area contributed by atoms with Crippen LogP contribution in [-0.2, 0) is 28.6 Å². The highest BCUT2D eigenvalue weighted by Crippen LogP contribution is 2.12. The van der Waals surface area contributed by atoms with E-state index in [1.165, 1.54) is 38.5 Å². The Kier molecular flexibility index (Phi) is 53.6. The molecule has 71 heavy (non-hydrogen) atoms. The number of hydrogen-bond acceptors (Lipinski definition) is 6. The molecule has 0 radical (unpaired) electrons. The number of unbranched alkanes of at least 4 members (excludes halogenated alkanes) is 11. The summed E-state index contributed by atoms with van der Waals surface area (Å²) in [6.07, 6.45) is 83.9. The molecular weight excluding hydrogens is 877 g/mol. The Labute approximate surface area is 435 Å². The quantitative estimate of drug-likeness (QED) is 0.0262. The lowest BCUT2D eigenvalue weighted by Gasteiger charge is -2.18. The minimum Gasteiger partial charge on any atom is -0.462 e. The maximum atomic E-state index is 12.8. The number of carbonyl (C=O) groups excluding carboxylic acids is 3. The SMILES string of the molecule is CC/C=C\C/C=C\C/C=C\C/C=C\C/C=C\C/C=C\CCCCC(=O)OCC(COC(=O)CC/C=C\C/C=C\C/C=C\C/C=C\CC)OC(=O)CCCCCCCC/C=C\C/C=C\C/C=C\CCCCC. The number of esters is 3. The van der Waals surface area contributed by atoms with Crippen LogP contribution in [0.4, 0.5) is 0 Å². The van der Waals surface area contributed by atoms with Crippen LogP contribution >= 0.6 is 0 Å². The number of rotatable bonds is 48. The third-order valence-electron chi connectivity index (χ3n) is 11.0. The number of ether oxygens (including phenoxy) is 3. The highest BCUT2D eigenvalue weighted by molar-refractivity contribution is 5.71. The summed E-state index contributed by atoms with van der Waals surface area (Å²) < 4.78 is 16.7. The fraction of sp³-hybridized carbons (Fsp3) is 0.554. The zero-order chi connectivity index (χ0) is 51.4. The molecule has 0 bridgehead atoms. The Morgan fingerprint density at radius 3 is 0.972 bits per heavy atom. The van der Waals surface area contributed by atoms with Crippen molar-refractivity contribution in [2.24, 2.45) is 0 Å². The molecule has 0 heterocycles. The van der Waals surface area contributed by atoms with Gasteiger partial charge >= 0.3 is 17.9 Å². The van der Waals surface area contributed by atoms with Crippen LogP contribution in [0.3, 0.4) is 0 Å². The third-order valence-corrected chi connectivity index (χ3v) is 11.0. The summed E-state index contributed by atoms with van der Waals surface area (Å²) in [5.41, 5.74) is 0. The first kappa shape index (κ1) is 66.0. The van der Waals surface area contributed by atoms with E-state index in [4.69, 9.17) is 14.2 Å². The van der Waals surface area contributed by atoms with Crippen LogP contribution in [-0.4, -0.2) is 37.2 Å². The largest absolute Gasteiger partial charge is 0.462 e. The second kappa shape index (κ2) is 57.6. The van der Waals surface area contributed by atoms with Crippen molar-refractivity contribution < 1.29 is 28.6 Å². The van der Waals surface area contributed by atoms with E-state index in [1.54, 1.807) is 0 Å². The molecule has 0 saturated carbocycles. The van der Waals surface area contributed by atoms with Gasteiger partial charge in [0.05, 0.1) is 0 Å². The molecule has 396 valence electrons. The molecule has 1 unspecified atom stereocenters. The van der Waals surface area contributed by atoms with Crippen molar-refractivity contribution in [2.45, 2.75) is 219 Å². The van der Waals surface area contributed by atoms with Gasteiger partial charge in [-0.3, -0.25) is 14.4 Å². The Balaban J connectivity index is 4.58. The van der Waals surface area contributed by atoms with E-state index in [-0.39, 0.29) is 50.4 Å². The number of hydrogen-bond donors (Lipinski definition) is 0. The maximum Gasteiger partial charge on any atom is 0.306 e. The summed E-state index contributed by atoms with van der Waals surface area (Å²) >= 11 is 0. The Morgan fingerprint density at radius 2 is 0.577 bits per heavy atom. The molecule has 0 aromatic heterocycles. The van der Waals surface area contributed by atoms with Crippen LogP contribution in [0.2, 0.25) is 0 Å². The monoisotopic (exact) mass is 977 g/mol. The lowest BCUT2D eigenvalue weighted by molar-refractivity contribution is -0.166. The van der Waals surface area contributed by atoms with E-state index in [0.717, 1.165) is 122 Å². The first-order valence-corrected chi connectivity index (χ1v) is 28.0. The van der Waals surface area contributed by atoms with Crippen LogP contribution in [0.5, 0.6) is 0 Å². The second-order valence-electron chi connectivity index (χ2n) is 17.7. The average molecular weight is 978 g/mol. The highest BCUT2D eigenvalue weighted by atomic mass is 16.6. The molecule has 0 aliphatic heterocycles. The minimum atomic E-state index is -0.840. The zero-order valence-corrected chi connectivity index (χ0v) is 45.2. The van der Waals surface area contributed by atoms with E-state index in [1.807, 2.05) is 12.2 Å². The van der Waals surface area contributed by atoms with Crippen LogP contribution in [0.25, 0.3) is 0 Å². The standard InChI is InChI=1S/C65H100O6/c1-4-7-10-13-16-19-22-25-27-29-31-32-34-35-37-40-43-46-49-52-55-58-64(67)70-61-62(60-69-63(66)57-54-51-48-45-42-39-24-21-18-15-12-9-6-3)71-65(68)59-56-53-50-47-44-41-38-36-33-30-28-26-23-20-17-14-11-8-5-2/h7,9-10,12,16-21,25-28,31-33,35-37,39,42-43,46,48,51,62H,4-6,8,11,13-15,22-24,29-30,34,38,40-41,44-45,47,49-50,52-61H2,1-3H3/b10-7-,12-9-,19-16-,20-17-,21-18-,27-25-,28-26-,32-31-,36-33-,37-35-,42-39-,46-43-,51-48-. The van der Waals surface area contributed by atoms with Crippen molar-refractivity contribution in [2.75, 3.05) is 13.2 Å². The van der Waals surface area contributed by atoms with E-state index in [9.17, 15) is 14.4 Å². The van der Waals surface area contributed by atoms with Crippen molar-refractivity contribution in [1.82, 2.24) is 0 Å². The van der Waals surface area contributed by atoms with Gasteiger partial charge in [-0.2, -0.15) is 0 Å². The van der Waals surface area contributed by atoms with E-state index < -0.39 is 6.10 Å². The minimum absolute atomic E-state index is 0.136. The van der Waals surface area contributed by atoms with Crippen molar-refractivity contribution in [3.8, 4) is 0 Å². The van der Waals surface area contributed by atoms with Gasteiger partial charge in [-0.1, -0.05) is 217 Å². The van der Waals surface area contributed by atoms with Crippen molar-refractivity contribution in [3.05, 3.63) is 158 Å². The first-order chi connectivity index (χ1) is 35.0. The van der Waals surface area contributed by atoms with Crippen LogP contribution in [0.15, 0.2) is 158 Å². The molecule has 6 heteroatoms. The lowest BCUT2D eigenvalue weighted by atomic mass is 10.1. The van der Waals surface area contributed by atoms with Gasteiger partial charge in [0, 0.05) is 19.3 Å². The van der Waals surface area contributed by atoms with Crippen LogP contribution in [0, 0.1) is 0 Å². The van der Waals surface area contributed by atoms with Gasteiger partial charge in [-0.15, -0.1) is 0 Å².